The van der Waals surface area contributed by atoms with Crippen LogP contribution in [0.5, 0.6) is 0 Å². The van der Waals surface area contributed by atoms with Crippen molar-refractivity contribution in [1.29, 1.82) is 0 Å². The Hall–Kier alpha value is -0.0700. The van der Waals surface area contributed by atoms with Crippen molar-refractivity contribution in [3.05, 3.63) is 0 Å². The zero-order chi connectivity index (χ0) is 4.62. The van der Waals surface area contributed by atoms with Gasteiger partial charge < -0.3 is 0 Å². The first kappa shape index (κ1) is 4.10. The van der Waals surface area contributed by atoms with Crippen molar-refractivity contribution in [3.63, 3.8) is 0 Å². The maximum Gasteiger partial charge on any atom is 0.111 e. The summed E-state index contributed by atoms with van der Waals surface area (Å²) in [5.74, 6) is 0. The summed E-state index contributed by atoms with van der Waals surface area (Å²) in [5.41, 5.74) is -0.708. The minimum atomic E-state index is -0.708. The largest absolute Gasteiger partial charge is 0.244 e. The number of rotatable bonds is 1. The van der Waals surface area contributed by atoms with E-state index in [1.807, 2.05) is 6.92 Å². The van der Waals surface area contributed by atoms with E-state index in [0.29, 0.717) is 6.42 Å². The van der Waals surface area contributed by atoms with Gasteiger partial charge in [0, 0.05) is 0 Å². The van der Waals surface area contributed by atoms with Crippen molar-refractivity contribution in [3.8, 4) is 0 Å². The molecule has 0 nitrogen and oxygen atoms in total. The predicted octanol–water partition coefficient (Wildman–Crippen LogP) is 1.90. The van der Waals surface area contributed by atoms with Gasteiger partial charge in [-0.15, -0.1) is 0 Å². The quantitative estimate of drug-likeness (QED) is 0.459. The molecule has 0 atom stereocenters. The molecule has 1 saturated carbocycles. The lowest BCUT2D eigenvalue weighted by molar-refractivity contribution is 0.300. The van der Waals surface area contributed by atoms with Crippen molar-refractivity contribution in [2.45, 2.75) is 31.9 Å². The van der Waals surface area contributed by atoms with Crippen LogP contribution < -0.4 is 0 Å². The van der Waals surface area contributed by atoms with Crippen molar-refractivity contribution in [2.75, 3.05) is 0 Å². The number of halogens is 1. The summed E-state index contributed by atoms with van der Waals surface area (Å²) >= 11 is 0. The average molecular weight is 88.1 g/mol. The fourth-order valence-corrected chi connectivity index (χ4v) is 0.489. The van der Waals surface area contributed by atoms with Gasteiger partial charge in [-0.05, 0) is 19.3 Å². The molecule has 0 aromatic rings. The minimum absolute atomic E-state index is 0.708. The van der Waals surface area contributed by atoms with Gasteiger partial charge in [-0.3, -0.25) is 0 Å². The third-order valence-electron chi connectivity index (χ3n) is 1.43. The highest BCUT2D eigenvalue weighted by molar-refractivity contribution is 4.91. The molecule has 1 fully saturated rings. The van der Waals surface area contributed by atoms with Crippen LogP contribution in [0.2, 0.25) is 0 Å². The maximum atomic E-state index is 12.2. The molecule has 36 valence electrons. The molecule has 0 saturated heterocycles. The van der Waals surface area contributed by atoms with Gasteiger partial charge in [0.05, 0.1) is 0 Å². The van der Waals surface area contributed by atoms with Gasteiger partial charge in [0.2, 0.25) is 0 Å². The number of hydrogen-bond donors (Lipinski definition) is 0. The van der Waals surface area contributed by atoms with E-state index in [1.54, 1.807) is 0 Å². The Bertz CT molecular complexity index is 55.0. The van der Waals surface area contributed by atoms with Gasteiger partial charge in [-0.1, -0.05) is 6.92 Å². The van der Waals surface area contributed by atoms with E-state index in [4.69, 9.17) is 0 Å². The van der Waals surface area contributed by atoms with Gasteiger partial charge in [-0.25, -0.2) is 4.39 Å². The van der Waals surface area contributed by atoms with Crippen LogP contribution in [0.15, 0.2) is 0 Å². The van der Waals surface area contributed by atoms with Crippen molar-refractivity contribution >= 4 is 0 Å². The molecule has 1 rings (SSSR count). The van der Waals surface area contributed by atoms with Gasteiger partial charge in [-0.2, -0.15) is 0 Å². The lowest BCUT2D eigenvalue weighted by Gasteiger charge is -1.91. The molecule has 0 aromatic heterocycles. The summed E-state index contributed by atoms with van der Waals surface area (Å²) in [7, 11) is 0. The molecule has 0 aromatic carbocycles. The summed E-state index contributed by atoms with van der Waals surface area (Å²) in [6.07, 6.45) is 2.33. The molecule has 1 aliphatic rings. The molecular formula is C5H9F. The average Bonchev–Trinajstić information content (AvgIpc) is 2.22. The van der Waals surface area contributed by atoms with Gasteiger partial charge in [0.1, 0.15) is 5.67 Å². The Morgan fingerprint density at radius 2 is 2.17 bits per heavy atom. The zero-order valence-electron chi connectivity index (χ0n) is 4.00. The first-order valence-corrected chi connectivity index (χ1v) is 2.46. The number of alkyl halides is 1. The minimum Gasteiger partial charge on any atom is -0.244 e. The highest BCUT2D eigenvalue weighted by atomic mass is 19.1. The van der Waals surface area contributed by atoms with Crippen molar-refractivity contribution < 1.29 is 4.39 Å². The standard InChI is InChI=1S/C5H9F/c1-2-5(6)3-4-5/h2-4H2,1H3. The Kier molecular flexibility index (Phi) is 0.652. The molecule has 0 heterocycles. The van der Waals surface area contributed by atoms with E-state index in [2.05, 4.69) is 0 Å². The Balaban J connectivity index is 2.28. The molecule has 0 unspecified atom stereocenters. The van der Waals surface area contributed by atoms with E-state index in [1.165, 1.54) is 0 Å². The molecule has 0 radical (unpaired) electrons. The fraction of sp³-hybridized carbons (Fsp3) is 1.00. The summed E-state index contributed by atoms with van der Waals surface area (Å²) in [6, 6.07) is 0. The molecule has 6 heavy (non-hydrogen) atoms. The third kappa shape index (κ3) is 0.537. The van der Waals surface area contributed by atoms with Crippen LogP contribution in [0.4, 0.5) is 4.39 Å². The van der Waals surface area contributed by atoms with Crippen LogP contribution in [0.1, 0.15) is 26.2 Å². The lowest BCUT2D eigenvalue weighted by atomic mass is 10.3. The van der Waals surface area contributed by atoms with Crippen LogP contribution in [-0.2, 0) is 0 Å². The van der Waals surface area contributed by atoms with Crippen LogP contribution in [0.3, 0.4) is 0 Å². The zero-order valence-corrected chi connectivity index (χ0v) is 4.00. The highest BCUT2D eigenvalue weighted by Crippen LogP contribution is 2.42. The monoisotopic (exact) mass is 88.1 g/mol. The van der Waals surface area contributed by atoms with E-state index in [-0.39, 0.29) is 0 Å². The molecule has 0 aliphatic heterocycles. The van der Waals surface area contributed by atoms with Crippen LogP contribution in [0.25, 0.3) is 0 Å². The Morgan fingerprint density at radius 1 is 1.67 bits per heavy atom. The van der Waals surface area contributed by atoms with Gasteiger partial charge in [0.25, 0.3) is 0 Å². The third-order valence-corrected chi connectivity index (χ3v) is 1.43. The molecular weight excluding hydrogens is 79.1 g/mol. The molecule has 0 N–H and O–H groups in total. The van der Waals surface area contributed by atoms with Crippen LogP contribution >= 0.6 is 0 Å². The second kappa shape index (κ2) is 0.955. The summed E-state index contributed by atoms with van der Waals surface area (Å²) < 4.78 is 12.2. The van der Waals surface area contributed by atoms with Crippen molar-refractivity contribution in [2.24, 2.45) is 0 Å². The first-order chi connectivity index (χ1) is 2.77. The van der Waals surface area contributed by atoms with Gasteiger partial charge >= 0.3 is 0 Å². The second-order valence-electron chi connectivity index (χ2n) is 2.00. The van der Waals surface area contributed by atoms with Crippen molar-refractivity contribution in [1.82, 2.24) is 0 Å². The van der Waals surface area contributed by atoms with Crippen LogP contribution in [-0.4, -0.2) is 5.67 Å². The number of hydrogen-bond acceptors (Lipinski definition) is 0. The first-order valence-electron chi connectivity index (χ1n) is 2.46. The SMILES string of the molecule is CCC1(F)CC1. The maximum absolute atomic E-state index is 12.2. The Labute approximate surface area is 37.4 Å². The Morgan fingerprint density at radius 3 is 2.17 bits per heavy atom. The summed E-state index contributed by atoms with van der Waals surface area (Å²) in [5, 5.41) is 0. The topological polar surface area (TPSA) is 0 Å². The van der Waals surface area contributed by atoms with E-state index >= 15 is 0 Å². The van der Waals surface area contributed by atoms with E-state index in [0.717, 1.165) is 12.8 Å². The predicted molar refractivity (Wildman–Crippen MR) is 23.4 cm³/mol. The normalized spacial score (nSPS) is 27.0. The summed E-state index contributed by atoms with van der Waals surface area (Å²) in [4.78, 5) is 0. The molecule has 0 amide bonds. The molecule has 0 bridgehead atoms. The highest BCUT2D eigenvalue weighted by Gasteiger charge is 2.40. The second-order valence-corrected chi connectivity index (χ2v) is 2.00. The fourth-order valence-electron chi connectivity index (χ4n) is 0.489. The molecule has 1 aliphatic carbocycles. The van der Waals surface area contributed by atoms with E-state index < -0.39 is 5.67 Å². The molecule has 1 heteroatoms. The smallest absolute Gasteiger partial charge is 0.111 e. The van der Waals surface area contributed by atoms with E-state index in [9.17, 15) is 4.39 Å². The van der Waals surface area contributed by atoms with Gasteiger partial charge in [0.15, 0.2) is 0 Å². The van der Waals surface area contributed by atoms with Crippen LogP contribution in [0, 0.1) is 0 Å². The lowest BCUT2D eigenvalue weighted by Crippen LogP contribution is -1.92. The molecule has 0 spiro atoms. The summed E-state index contributed by atoms with van der Waals surface area (Å²) in [6.45, 7) is 1.90.